The van der Waals surface area contributed by atoms with Crippen LogP contribution in [0.1, 0.15) is 51.9 Å². The lowest BCUT2D eigenvalue weighted by molar-refractivity contribution is -0.119. The van der Waals surface area contributed by atoms with Crippen molar-refractivity contribution < 1.29 is 13.2 Å². The quantitative estimate of drug-likeness (QED) is 0.616. The number of benzene rings is 1. The van der Waals surface area contributed by atoms with E-state index in [4.69, 9.17) is 0 Å². The molecule has 1 aromatic heterocycles. The molecule has 4 rings (SSSR count). The fourth-order valence-electron chi connectivity index (χ4n) is 4.59. The zero-order valence-electron chi connectivity index (χ0n) is 18.3. The number of nitrogens with zero attached hydrogens (tertiary/aromatic N) is 4. The number of aromatic nitrogens is 2. The number of thioether (sulfide) groups is 1. The molecule has 1 aromatic carbocycles. The van der Waals surface area contributed by atoms with E-state index in [9.17, 15) is 18.5 Å². The third kappa shape index (κ3) is 4.51. The molecule has 2 heterocycles. The van der Waals surface area contributed by atoms with Crippen LogP contribution in [0.25, 0.3) is 11.0 Å². The van der Waals surface area contributed by atoms with Crippen molar-refractivity contribution in [1.82, 2.24) is 19.2 Å². The Morgan fingerprint density at radius 2 is 1.94 bits per heavy atom. The summed E-state index contributed by atoms with van der Waals surface area (Å²) in [6.45, 7) is 3.77. The van der Waals surface area contributed by atoms with Gasteiger partial charge in [0.15, 0.2) is 5.16 Å². The number of carbonyl (C=O) groups is 1. The summed E-state index contributed by atoms with van der Waals surface area (Å²) >= 11 is 1.31. The Balaban J connectivity index is 1.52. The third-order valence-corrected chi connectivity index (χ3v) is 9.21. The number of hydrogen-bond donors (Lipinski definition) is 1. The Hall–Kier alpha value is -2.09. The monoisotopic (exact) mass is 475 g/mol. The van der Waals surface area contributed by atoms with Gasteiger partial charge in [0, 0.05) is 19.6 Å². The van der Waals surface area contributed by atoms with Crippen LogP contribution in [0.4, 0.5) is 0 Å². The van der Waals surface area contributed by atoms with Gasteiger partial charge in [0.1, 0.15) is 5.54 Å². The fraction of sp³-hybridized carbons (Fsp3) is 0.591. The summed E-state index contributed by atoms with van der Waals surface area (Å²) in [4.78, 5) is 17.4. The molecule has 1 saturated heterocycles. The second-order valence-electron chi connectivity index (χ2n) is 8.49. The summed E-state index contributed by atoms with van der Waals surface area (Å²) in [5.74, 6) is -0.0207. The van der Waals surface area contributed by atoms with E-state index in [1.165, 1.54) is 11.8 Å². The van der Waals surface area contributed by atoms with Gasteiger partial charge in [-0.25, -0.2) is 13.4 Å². The maximum Gasteiger partial charge on any atom is 0.243 e. The number of aryl methyl sites for hydroxylation is 1. The number of fused-ring (bicyclic) bond motifs is 1. The van der Waals surface area contributed by atoms with Crippen LogP contribution in [0.5, 0.6) is 0 Å². The van der Waals surface area contributed by atoms with E-state index in [2.05, 4.69) is 16.4 Å². The first-order valence-corrected chi connectivity index (χ1v) is 13.7. The SMILES string of the molecule is CCn1c(SCC(=O)NC2(C#N)CCCC2)nc2cc(S(=O)(=O)N3CCCCC3)ccc21. The normalized spacial score (nSPS) is 19.1. The van der Waals surface area contributed by atoms with Crippen molar-refractivity contribution in [2.75, 3.05) is 18.8 Å². The second-order valence-corrected chi connectivity index (χ2v) is 11.4. The Morgan fingerprint density at radius 1 is 1.22 bits per heavy atom. The fourth-order valence-corrected chi connectivity index (χ4v) is 7.01. The number of carbonyl (C=O) groups excluding carboxylic acids is 1. The van der Waals surface area contributed by atoms with Crippen molar-refractivity contribution in [3.05, 3.63) is 18.2 Å². The van der Waals surface area contributed by atoms with Crippen molar-refractivity contribution >= 4 is 38.7 Å². The molecule has 0 spiro atoms. The maximum absolute atomic E-state index is 13.0. The lowest BCUT2D eigenvalue weighted by Crippen LogP contribution is -2.45. The van der Waals surface area contributed by atoms with Gasteiger partial charge in [-0.05, 0) is 63.6 Å². The van der Waals surface area contributed by atoms with Crippen molar-refractivity contribution in [2.45, 2.75) is 74.0 Å². The highest BCUT2D eigenvalue weighted by Crippen LogP contribution is 2.30. The number of piperidine rings is 1. The van der Waals surface area contributed by atoms with E-state index in [-0.39, 0.29) is 16.6 Å². The van der Waals surface area contributed by atoms with Crippen molar-refractivity contribution in [3.8, 4) is 6.07 Å². The van der Waals surface area contributed by atoms with Crippen LogP contribution in [0.15, 0.2) is 28.3 Å². The molecular formula is C22H29N5O3S2. The van der Waals surface area contributed by atoms with E-state index < -0.39 is 15.6 Å². The van der Waals surface area contributed by atoms with Crippen LogP contribution in [0, 0.1) is 11.3 Å². The molecule has 1 aliphatic heterocycles. The number of hydrogen-bond acceptors (Lipinski definition) is 6. The van der Waals surface area contributed by atoms with Gasteiger partial charge in [-0.15, -0.1) is 0 Å². The molecule has 0 unspecified atom stereocenters. The number of nitrogens with one attached hydrogen (secondary N) is 1. The molecule has 0 atom stereocenters. The summed E-state index contributed by atoms with van der Waals surface area (Å²) < 4.78 is 29.6. The molecule has 2 aliphatic rings. The third-order valence-electron chi connectivity index (χ3n) is 6.34. The van der Waals surface area contributed by atoms with Crippen LogP contribution in [-0.4, -0.2) is 52.6 Å². The standard InChI is InChI=1S/C22H29N5O3S2/c1-2-27-19-9-8-17(32(29,30)26-12-6-3-7-13-26)14-18(19)24-21(27)31-15-20(28)25-22(16-23)10-4-5-11-22/h8-9,14H,2-7,10-13,15H2,1H3,(H,25,28). The minimum absolute atomic E-state index is 0.158. The topological polar surface area (TPSA) is 108 Å². The smallest absolute Gasteiger partial charge is 0.243 e. The van der Waals surface area contributed by atoms with Crippen molar-refractivity contribution in [2.24, 2.45) is 0 Å². The summed E-state index contributed by atoms with van der Waals surface area (Å²) in [6, 6.07) is 7.37. The van der Waals surface area contributed by atoms with Crippen LogP contribution in [0.2, 0.25) is 0 Å². The highest BCUT2D eigenvalue weighted by Gasteiger charge is 2.35. The first-order chi connectivity index (χ1) is 15.4. The van der Waals surface area contributed by atoms with Gasteiger partial charge in [-0.3, -0.25) is 4.79 Å². The molecule has 0 radical (unpaired) electrons. The van der Waals surface area contributed by atoms with E-state index in [1.54, 1.807) is 22.5 Å². The average Bonchev–Trinajstić information content (AvgIpc) is 3.42. The summed E-state index contributed by atoms with van der Waals surface area (Å²) in [6.07, 6.45) is 6.15. The van der Waals surface area contributed by atoms with E-state index in [0.717, 1.165) is 37.6 Å². The Morgan fingerprint density at radius 3 is 2.59 bits per heavy atom. The molecule has 1 saturated carbocycles. The van der Waals surface area contributed by atoms with Gasteiger partial charge in [0.2, 0.25) is 15.9 Å². The van der Waals surface area contributed by atoms with Crippen LogP contribution >= 0.6 is 11.8 Å². The van der Waals surface area contributed by atoms with Crippen LogP contribution in [-0.2, 0) is 21.4 Å². The molecule has 2 aromatic rings. The Kier molecular flexibility index (Phi) is 6.79. The molecule has 32 heavy (non-hydrogen) atoms. The number of sulfonamides is 1. The minimum atomic E-state index is -3.53. The van der Waals surface area contributed by atoms with Gasteiger partial charge in [-0.1, -0.05) is 18.2 Å². The molecule has 8 nitrogen and oxygen atoms in total. The Bertz CT molecular complexity index is 1140. The summed E-state index contributed by atoms with van der Waals surface area (Å²) in [5, 5.41) is 13.0. The van der Waals surface area contributed by atoms with Gasteiger partial charge in [0.05, 0.1) is 27.8 Å². The highest BCUT2D eigenvalue weighted by atomic mass is 32.2. The van der Waals surface area contributed by atoms with Gasteiger partial charge < -0.3 is 9.88 Å². The summed E-state index contributed by atoms with van der Waals surface area (Å²) in [7, 11) is -3.53. The zero-order chi connectivity index (χ0) is 22.8. The van der Waals surface area contributed by atoms with Crippen LogP contribution < -0.4 is 5.32 Å². The molecule has 172 valence electrons. The minimum Gasteiger partial charge on any atom is -0.337 e. The van der Waals surface area contributed by atoms with E-state index in [1.807, 2.05) is 11.5 Å². The second kappa shape index (κ2) is 9.41. The lowest BCUT2D eigenvalue weighted by atomic mass is 10.0. The maximum atomic E-state index is 13.0. The number of nitriles is 1. The largest absolute Gasteiger partial charge is 0.337 e. The van der Waals surface area contributed by atoms with Crippen molar-refractivity contribution in [1.29, 1.82) is 5.26 Å². The lowest BCUT2D eigenvalue weighted by Gasteiger charge is -2.25. The van der Waals surface area contributed by atoms with Crippen molar-refractivity contribution in [3.63, 3.8) is 0 Å². The zero-order valence-corrected chi connectivity index (χ0v) is 20.0. The predicted octanol–water partition coefficient (Wildman–Crippen LogP) is 3.28. The van der Waals surface area contributed by atoms with E-state index in [0.29, 0.717) is 43.1 Å². The first kappa shape index (κ1) is 23.1. The number of imidazole rings is 1. The number of amides is 1. The predicted molar refractivity (Wildman–Crippen MR) is 124 cm³/mol. The molecular weight excluding hydrogens is 446 g/mol. The first-order valence-electron chi connectivity index (χ1n) is 11.2. The van der Waals surface area contributed by atoms with E-state index >= 15 is 0 Å². The molecule has 10 heteroatoms. The molecule has 2 fully saturated rings. The highest BCUT2D eigenvalue weighted by molar-refractivity contribution is 7.99. The Labute approximate surface area is 193 Å². The van der Waals surface area contributed by atoms with Gasteiger partial charge in [0.25, 0.3) is 0 Å². The molecule has 1 amide bonds. The average molecular weight is 476 g/mol. The van der Waals surface area contributed by atoms with Gasteiger partial charge >= 0.3 is 0 Å². The molecule has 1 N–H and O–H groups in total. The molecule has 1 aliphatic carbocycles. The van der Waals surface area contributed by atoms with Crippen LogP contribution in [0.3, 0.4) is 0 Å². The number of rotatable bonds is 7. The van der Waals surface area contributed by atoms with Gasteiger partial charge in [-0.2, -0.15) is 9.57 Å². The molecule has 0 bridgehead atoms. The summed E-state index contributed by atoms with van der Waals surface area (Å²) in [5.41, 5.74) is 0.717.